The highest BCUT2D eigenvalue weighted by molar-refractivity contribution is 6.30. The van der Waals surface area contributed by atoms with E-state index in [2.05, 4.69) is 19.2 Å². The van der Waals surface area contributed by atoms with Crippen LogP contribution in [0.25, 0.3) is 0 Å². The Labute approximate surface area is 101 Å². The molecule has 0 aliphatic heterocycles. The van der Waals surface area contributed by atoms with Crippen molar-refractivity contribution < 1.29 is 4.39 Å². The van der Waals surface area contributed by atoms with Gasteiger partial charge in [0.05, 0.1) is 5.02 Å². The van der Waals surface area contributed by atoms with Crippen LogP contribution in [-0.4, -0.2) is 13.1 Å². The Balaban J connectivity index is 2.46. The zero-order valence-electron chi connectivity index (χ0n) is 9.69. The first kappa shape index (κ1) is 13.4. The van der Waals surface area contributed by atoms with Gasteiger partial charge in [0.2, 0.25) is 0 Å². The third kappa shape index (κ3) is 4.08. The van der Waals surface area contributed by atoms with Crippen molar-refractivity contribution in [3.63, 3.8) is 0 Å². The van der Waals surface area contributed by atoms with Crippen molar-refractivity contribution >= 4 is 11.6 Å². The maximum absolute atomic E-state index is 12.9. The normalized spacial score (nSPS) is 11.8. The van der Waals surface area contributed by atoms with Crippen molar-refractivity contribution in [3.05, 3.63) is 34.6 Å². The highest BCUT2D eigenvalue weighted by atomic mass is 35.5. The van der Waals surface area contributed by atoms with Crippen LogP contribution in [0.15, 0.2) is 18.2 Å². The van der Waals surface area contributed by atoms with Gasteiger partial charge < -0.3 is 11.1 Å². The molecule has 1 aromatic rings. The first-order valence-electron chi connectivity index (χ1n) is 5.29. The van der Waals surface area contributed by atoms with Crippen LogP contribution in [0.4, 0.5) is 4.39 Å². The highest BCUT2D eigenvalue weighted by Crippen LogP contribution is 2.16. The van der Waals surface area contributed by atoms with Crippen molar-refractivity contribution in [2.45, 2.75) is 20.4 Å². The molecule has 0 atom stereocenters. The number of nitrogens with two attached hydrogens (primary N) is 1. The van der Waals surface area contributed by atoms with Gasteiger partial charge in [0.25, 0.3) is 0 Å². The third-order valence-electron chi connectivity index (χ3n) is 2.47. The number of halogens is 2. The monoisotopic (exact) mass is 244 g/mol. The summed E-state index contributed by atoms with van der Waals surface area (Å²) in [7, 11) is 0. The van der Waals surface area contributed by atoms with Gasteiger partial charge >= 0.3 is 0 Å². The van der Waals surface area contributed by atoms with Crippen LogP contribution in [-0.2, 0) is 6.54 Å². The van der Waals surface area contributed by atoms with E-state index in [-0.39, 0.29) is 16.3 Å². The van der Waals surface area contributed by atoms with E-state index in [1.54, 1.807) is 12.1 Å². The Kier molecular flexibility index (Phi) is 4.71. The van der Waals surface area contributed by atoms with Crippen LogP contribution in [0.2, 0.25) is 5.02 Å². The maximum Gasteiger partial charge on any atom is 0.141 e. The van der Waals surface area contributed by atoms with Gasteiger partial charge in [-0.3, -0.25) is 0 Å². The molecule has 0 amide bonds. The highest BCUT2D eigenvalue weighted by Gasteiger charge is 2.14. The standard InChI is InChI=1S/C12H18ClFN2/c1-12(2,7-15)8-16-6-9-3-4-11(14)10(13)5-9/h3-5,16H,6-8,15H2,1-2H3. The molecule has 1 rings (SSSR count). The molecule has 0 aromatic heterocycles. The smallest absolute Gasteiger partial charge is 0.141 e. The lowest BCUT2D eigenvalue weighted by Crippen LogP contribution is -2.35. The summed E-state index contributed by atoms with van der Waals surface area (Å²) >= 11 is 5.69. The average molecular weight is 245 g/mol. The minimum atomic E-state index is -0.382. The molecule has 3 N–H and O–H groups in total. The second-order valence-electron chi connectivity index (χ2n) is 4.72. The third-order valence-corrected chi connectivity index (χ3v) is 2.76. The van der Waals surface area contributed by atoms with Crippen LogP contribution in [0.1, 0.15) is 19.4 Å². The van der Waals surface area contributed by atoms with Crippen molar-refractivity contribution in [1.29, 1.82) is 0 Å². The van der Waals surface area contributed by atoms with Crippen LogP contribution in [0.5, 0.6) is 0 Å². The van der Waals surface area contributed by atoms with E-state index >= 15 is 0 Å². The summed E-state index contributed by atoms with van der Waals surface area (Å²) in [5, 5.41) is 3.44. The van der Waals surface area contributed by atoms with Gasteiger partial charge in [0.15, 0.2) is 0 Å². The minimum Gasteiger partial charge on any atom is -0.330 e. The molecular formula is C12H18ClFN2. The van der Waals surface area contributed by atoms with Gasteiger partial charge in [0.1, 0.15) is 5.82 Å². The van der Waals surface area contributed by atoms with E-state index in [1.165, 1.54) is 6.07 Å². The number of rotatable bonds is 5. The van der Waals surface area contributed by atoms with E-state index in [0.29, 0.717) is 13.1 Å². The Hall–Kier alpha value is -0.640. The molecule has 0 unspecified atom stereocenters. The van der Waals surface area contributed by atoms with Crippen molar-refractivity contribution in [1.82, 2.24) is 5.32 Å². The van der Waals surface area contributed by atoms with Gasteiger partial charge in [-0.25, -0.2) is 4.39 Å². The van der Waals surface area contributed by atoms with Crippen LogP contribution < -0.4 is 11.1 Å². The molecule has 0 radical (unpaired) electrons. The Morgan fingerprint density at radius 3 is 2.69 bits per heavy atom. The van der Waals surface area contributed by atoms with Crippen molar-refractivity contribution in [2.24, 2.45) is 11.1 Å². The molecule has 0 aliphatic rings. The summed E-state index contributed by atoms with van der Waals surface area (Å²) in [5.41, 5.74) is 6.66. The first-order chi connectivity index (χ1) is 7.44. The number of nitrogens with one attached hydrogen (secondary N) is 1. The molecule has 16 heavy (non-hydrogen) atoms. The van der Waals surface area contributed by atoms with Crippen molar-refractivity contribution in [3.8, 4) is 0 Å². The topological polar surface area (TPSA) is 38.0 Å². The summed E-state index contributed by atoms with van der Waals surface area (Å²) < 4.78 is 12.9. The fourth-order valence-corrected chi connectivity index (χ4v) is 1.47. The van der Waals surface area contributed by atoms with Gasteiger partial charge in [-0.05, 0) is 29.7 Å². The first-order valence-corrected chi connectivity index (χ1v) is 5.67. The van der Waals surface area contributed by atoms with Crippen molar-refractivity contribution in [2.75, 3.05) is 13.1 Å². The van der Waals surface area contributed by atoms with E-state index in [1.807, 2.05) is 0 Å². The minimum absolute atomic E-state index is 0.0732. The second kappa shape index (κ2) is 5.62. The van der Waals surface area contributed by atoms with Gasteiger partial charge in [-0.2, -0.15) is 0 Å². The molecule has 4 heteroatoms. The van der Waals surface area contributed by atoms with Gasteiger partial charge in [-0.15, -0.1) is 0 Å². The summed E-state index contributed by atoms with van der Waals surface area (Å²) in [5.74, 6) is -0.382. The number of hydrogen-bond donors (Lipinski definition) is 2. The zero-order valence-corrected chi connectivity index (χ0v) is 10.4. The molecule has 0 saturated carbocycles. The molecule has 0 heterocycles. The summed E-state index contributed by atoms with van der Waals surface area (Å²) in [6.07, 6.45) is 0. The lowest BCUT2D eigenvalue weighted by Gasteiger charge is -2.22. The number of benzene rings is 1. The predicted octanol–water partition coefficient (Wildman–Crippen LogP) is 2.55. The second-order valence-corrected chi connectivity index (χ2v) is 5.13. The quantitative estimate of drug-likeness (QED) is 0.836. The lowest BCUT2D eigenvalue weighted by molar-refractivity contribution is 0.351. The predicted molar refractivity (Wildman–Crippen MR) is 66.0 cm³/mol. The molecule has 0 saturated heterocycles. The van der Waals surface area contributed by atoms with Crippen LogP contribution in [0.3, 0.4) is 0 Å². The van der Waals surface area contributed by atoms with E-state index in [0.717, 1.165) is 12.1 Å². The summed E-state index contributed by atoms with van der Waals surface area (Å²) in [6, 6.07) is 4.75. The Morgan fingerprint density at radius 2 is 2.12 bits per heavy atom. The molecule has 2 nitrogen and oxygen atoms in total. The largest absolute Gasteiger partial charge is 0.330 e. The van der Waals surface area contributed by atoms with E-state index < -0.39 is 0 Å². The van der Waals surface area contributed by atoms with E-state index in [4.69, 9.17) is 17.3 Å². The lowest BCUT2D eigenvalue weighted by atomic mass is 9.94. The molecule has 1 aromatic carbocycles. The molecule has 0 spiro atoms. The Morgan fingerprint density at radius 1 is 1.44 bits per heavy atom. The fourth-order valence-electron chi connectivity index (χ4n) is 1.27. The molecule has 0 aliphatic carbocycles. The van der Waals surface area contributed by atoms with E-state index in [9.17, 15) is 4.39 Å². The Bertz CT molecular complexity index is 353. The van der Waals surface area contributed by atoms with Crippen LogP contribution in [0, 0.1) is 11.2 Å². The zero-order chi connectivity index (χ0) is 12.2. The average Bonchev–Trinajstić information content (AvgIpc) is 2.23. The molecule has 0 bridgehead atoms. The summed E-state index contributed by atoms with van der Waals surface area (Å²) in [6.45, 7) is 6.31. The maximum atomic E-state index is 12.9. The molecule has 0 fully saturated rings. The SMILES string of the molecule is CC(C)(CN)CNCc1ccc(F)c(Cl)c1. The molecule has 90 valence electrons. The number of hydrogen-bond acceptors (Lipinski definition) is 2. The van der Waals surface area contributed by atoms with Crippen LogP contribution >= 0.6 is 11.6 Å². The van der Waals surface area contributed by atoms with Gasteiger partial charge in [-0.1, -0.05) is 31.5 Å². The fraction of sp³-hybridized carbons (Fsp3) is 0.500. The molecular weight excluding hydrogens is 227 g/mol. The van der Waals surface area contributed by atoms with Gasteiger partial charge in [0, 0.05) is 13.1 Å². The summed E-state index contributed by atoms with van der Waals surface area (Å²) in [4.78, 5) is 0.